The number of hydrogen-bond acceptors (Lipinski definition) is 2. The van der Waals surface area contributed by atoms with Crippen LogP contribution in [0.1, 0.15) is 30.0 Å². The minimum atomic E-state index is -0.300. The van der Waals surface area contributed by atoms with Crippen LogP contribution < -0.4 is 0 Å². The van der Waals surface area contributed by atoms with E-state index in [1.54, 1.807) is 16.8 Å². The highest BCUT2D eigenvalue weighted by atomic mass is 19.1. The summed E-state index contributed by atoms with van der Waals surface area (Å²) < 4.78 is 15.0. The molecule has 1 aromatic carbocycles. The Labute approximate surface area is 123 Å². The lowest BCUT2D eigenvalue weighted by molar-refractivity contribution is -0.131. The van der Waals surface area contributed by atoms with Gasteiger partial charge in [-0.1, -0.05) is 12.1 Å². The van der Waals surface area contributed by atoms with Gasteiger partial charge < -0.3 is 4.90 Å². The van der Waals surface area contributed by atoms with Gasteiger partial charge in [-0.25, -0.2) is 4.39 Å². The molecule has 1 atom stereocenters. The number of halogens is 1. The number of aromatic nitrogens is 2. The van der Waals surface area contributed by atoms with E-state index in [9.17, 15) is 9.18 Å². The normalized spacial score (nSPS) is 18.2. The van der Waals surface area contributed by atoms with Crippen LogP contribution in [0.15, 0.2) is 36.7 Å². The molecule has 1 fully saturated rings. The van der Waals surface area contributed by atoms with Crippen molar-refractivity contribution >= 4 is 5.91 Å². The van der Waals surface area contributed by atoms with Crippen LogP contribution in [0, 0.1) is 5.82 Å². The summed E-state index contributed by atoms with van der Waals surface area (Å²) in [5.74, 6) is -0.252. The summed E-state index contributed by atoms with van der Waals surface area (Å²) in [6.45, 7) is 0.758. The first-order valence-electron chi connectivity index (χ1n) is 7.16. The maximum Gasteiger partial charge on any atom is 0.227 e. The molecule has 0 N–H and O–H groups in total. The predicted octanol–water partition coefficient (Wildman–Crippen LogP) is 2.47. The number of amides is 1. The van der Waals surface area contributed by atoms with Crippen LogP contribution in [0.25, 0.3) is 0 Å². The molecule has 0 saturated carbocycles. The quantitative estimate of drug-likeness (QED) is 0.869. The molecule has 1 aliphatic heterocycles. The first-order chi connectivity index (χ1) is 10.1. The monoisotopic (exact) mass is 287 g/mol. The summed E-state index contributed by atoms with van der Waals surface area (Å²) in [4.78, 5) is 14.4. The van der Waals surface area contributed by atoms with Crippen LogP contribution in [-0.2, 0) is 18.3 Å². The molecular weight excluding hydrogens is 269 g/mol. The average molecular weight is 287 g/mol. The van der Waals surface area contributed by atoms with E-state index in [-0.39, 0.29) is 24.2 Å². The zero-order chi connectivity index (χ0) is 14.8. The lowest BCUT2D eigenvalue weighted by Gasteiger charge is -2.24. The third-order valence-electron chi connectivity index (χ3n) is 3.93. The third-order valence-corrected chi connectivity index (χ3v) is 3.93. The molecule has 21 heavy (non-hydrogen) atoms. The molecule has 2 heterocycles. The molecule has 1 saturated heterocycles. The van der Waals surface area contributed by atoms with Gasteiger partial charge in [0.1, 0.15) is 5.82 Å². The van der Waals surface area contributed by atoms with Crippen molar-refractivity contribution in [2.75, 3.05) is 6.54 Å². The second kappa shape index (κ2) is 5.68. The molecule has 1 aromatic heterocycles. The van der Waals surface area contributed by atoms with Crippen LogP contribution in [0.3, 0.4) is 0 Å². The molecule has 0 spiro atoms. The van der Waals surface area contributed by atoms with E-state index < -0.39 is 0 Å². The number of nitrogens with zero attached hydrogens (tertiary/aromatic N) is 3. The summed E-state index contributed by atoms with van der Waals surface area (Å²) in [7, 11) is 1.87. The van der Waals surface area contributed by atoms with Crippen molar-refractivity contribution in [3.05, 3.63) is 53.6 Å². The Morgan fingerprint density at radius 3 is 3.05 bits per heavy atom. The van der Waals surface area contributed by atoms with Crippen molar-refractivity contribution in [3.63, 3.8) is 0 Å². The fourth-order valence-corrected chi connectivity index (χ4v) is 2.95. The fraction of sp³-hybridized carbons (Fsp3) is 0.375. The Balaban J connectivity index is 1.74. The fourth-order valence-electron chi connectivity index (χ4n) is 2.95. The van der Waals surface area contributed by atoms with Crippen LogP contribution in [0.5, 0.6) is 0 Å². The van der Waals surface area contributed by atoms with E-state index >= 15 is 0 Å². The molecular formula is C16H18FN3O. The topological polar surface area (TPSA) is 38.1 Å². The molecule has 4 nitrogen and oxygen atoms in total. The van der Waals surface area contributed by atoms with Crippen LogP contribution >= 0.6 is 0 Å². The minimum absolute atomic E-state index is 0.0481. The Kier molecular flexibility index (Phi) is 3.73. The summed E-state index contributed by atoms with van der Waals surface area (Å²) >= 11 is 0. The van der Waals surface area contributed by atoms with E-state index in [2.05, 4.69) is 5.10 Å². The van der Waals surface area contributed by atoms with Crippen LogP contribution in [-0.4, -0.2) is 27.1 Å². The number of aryl methyl sites for hydroxylation is 1. The Morgan fingerprint density at radius 2 is 2.33 bits per heavy atom. The van der Waals surface area contributed by atoms with E-state index in [1.165, 1.54) is 12.1 Å². The minimum Gasteiger partial charge on any atom is -0.335 e. The number of carbonyl (C=O) groups excluding carboxylic acids is 1. The second-order valence-corrected chi connectivity index (χ2v) is 5.50. The Morgan fingerprint density at radius 1 is 1.48 bits per heavy atom. The van der Waals surface area contributed by atoms with Crippen molar-refractivity contribution in [1.82, 2.24) is 14.7 Å². The summed E-state index contributed by atoms with van der Waals surface area (Å²) in [6.07, 6.45) is 5.97. The Hall–Kier alpha value is -2.17. The lowest BCUT2D eigenvalue weighted by atomic mass is 10.1. The highest BCUT2D eigenvalue weighted by molar-refractivity contribution is 5.79. The smallest absolute Gasteiger partial charge is 0.227 e. The summed E-state index contributed by atoms with van der Waals surface area (Å²) in [5, 5.41) is 4.18. The highest BCUT2D eigenvalue weighted by Gasteiger charge is 2.30. The molecule has 0 unspecified atom stereocenters. The van der Waals surface area contributed by atoms with Gasteiger partial charge in [0.25, 0.3) is 0 Å². The molecule has 110 valence electrons. The van der Waals surface area contributed by atoms with E-state index in [4.69, 9.17) is 0 Å². The first kappa shape index (κ1) is 13.8. The summed E-state index contributed by atoms with van der Waals surface area (Å²) in [5.41, 5.74) is 1.79. The second-order valence-electron chi connectivity index (χ2n) is 5.50. The maximum atomic E-state index is 13.2. The van der Waals surface area contributed by atoms with Gasteiger partial charge in [-0.15, -0.1) is 0 Å². The molecule has 1 aliphatic rings. The van der Waals surface area contributed by atoms with E-state index in [0.29, 0.717) is 0 Å². The van der Waals surface area contributed by atoms with Crippen molar-refractivity contribution in [2.45, 2.75) is 25.3 Å². The van der Waals surface area contributed by atoms with Crippen LogP contribution in [0.2, 0.25) is 0 Å². The highest BCUT2D eigenvalue weighted by Crippen LogP contribution is 2.32. The predicted molar refractivity (Wildman–Crippen MR) is 77.0 cm³/mol. The number of carbonyl (C=O) groups is 1. The summed E-state index contributed by atoms with van der Waals surface area (Å²) in [6, 6.07) is 6.34. The molecule has 0 bridgehead atoms. The van der Waals surface area contributed by atoms with Crippen molar-refractivity contribution in [2.24, 2.45) is 7.05 Å². The maximum absolute atomic E-state index is 13.2. The lowest BCUT2D eigenvalue weighted by Crippen LogP contribution is -2.31. The van der Waals surface area contributed by atoms with E-state index in [0.717, 1.165) is 30.5 Å². The molecule has 1 amide bonds. The largest absolute Gasteiger partial charge is 0.335 e. The van der Waals surface area contributed by atoms with E-state index in [1.807, 2.05) is 24.3 Å². The number of benzene rings is 1. The molecule has 0 aliphatic carbocycles. The van der Waals surface area contributed by atoms with Crippen LogP contribution in [0.4, 0.5) is 4.39 Å². The molecule has 2 aromatic rings. The Bertz CT molecular complexity index is 652. The van der Waals surface area contributed by atoms with Gasteiger partial charge in [-0.05, 0) is 30.5 Å². The average Bonchev–Trinajstić information content (AvgIpc) is 3.06. The van der Waals surface area contributed by atoms with Gasteiger partial charge in [0.2, 0.25) is 5.91 Å². The van der Waals surface area contributed by atoms with Gasteiger partial charge in [-0.2, -0.15) is 5.10 Å². The van der Waals surface area contributed by atoms with Gasteiger partial charge in [0.05, 0.1) is 18.7 Å². The molecule has 0 radical (unpaired) electrons. The van der Waals surface area contributed by atoms with Crippen molar-refractivity contribution in [1.29, 1.82) is 0 Å². The standard InChI is InChI=1S/C16H18FN3O/c1-19-11-13(10-18-19)15-6-3-7-20(15)16(21)9-12-4-2-5-14(17)8-12/h2,4-5,8,10-11,15H,3,6-7,9H2,1H3/t15-/m1/s1. The van der Waals surface area contributed by atoms with Gasteiger partial charge in [0.15, 0.2) is 0 Å². The SMILES string of the molecule is Cn1cc([C@H]2CCCN2C(=O)Cc2cccc(F)c2)cn1. The number of likely N-dealkylation sites (tertiary alicyclic amines) is 1. The first-order valence-corrected chi connectivity index (χ1v) is 7.16. The van der Waals surface area contributed by atoms with Gasteiger partial charge >= 0.3 is 0 Å². The zero-order valence-electron chi connectivity index (χ0n) is 12.0. The molecule has 5 heteroatoms. The van der Waals surface area contributed by atoms with Gasteiger partial charge in [-0.3, -0.25) is 9.48 Å². The molecule has 3 rings (SSSR count). The van der Waals surface area contributed by atoms with Crippen molar-refractivity contribution in [3.8, 4) is 0 Å². The van der Waals surface area contributed by atoms with Crippen molar-refractivity contribution < 1.29 is 9.18 Å². The number of rotatable bonds is 3. The zero-order valence-corrected chi connectivity index (χ0v) is 12.0. The van der Waals surface area contributed by atoms with Gasteiger partial charge in [0, 0.05) is 25.4 Å². The third kappa shape index (κ3) is 2.96. The number of hydrogen-bond donors (Lipinski definition) is 0.